The highest BCUT2D eigenvalue weighted by Crippen LogP contribution is 2.35. The summed E-state index contributed by atoms with van der Waals surface area (Å²) in [6.07, 6.45) is 0. The zero-order valence-electron chi connectivity index (χ0n) is 15.6. The van der Waals surface area contributed by atoms with Gasteiger partial charge in [0.15, 0.2) is 0 Å². The van der Waals surface area contributed by atoms with Gasteiger partial charge < -0.3 is 19.6 Å². The molecule has 4 N–H and O–H groups in total. The first-order chi connectivity index (χ1) is 14.1. The van der Waals surface area contributed by atoms with E-state index in [0.29, 0.717) is 0 Å². The zero-order chi connectivity index (χ0) is 21.5. The van der Waals surface area contributed by atoms with E-state index in [1.165, 1.54) is 24.3 Å². The minimum absolute atomic E-state index is 0.0125. The lowest BCUT2D eigenvalue weighted by Gasteiger charge is -2.09. The Bertz CT molecular complexity index is 1210. The van der Waals surface area contributed by atoms with Crippen LogP contribution in [-0.2, 0) is 9.13 Å². The van der Waals surface area contributed by atoms with Gasteiger partial charge in [0, 0.05) is 0 Å². The molecule has 0 aromatic heterocycles. The van der Waals surface area contributed by atoms with Crippen molar-refractivity contribution in [1.29, 1.82) is 0 Å². The Morgan fingerprint density at radius 3 is 1.03 bits per heavy atom. The number of hydrogen-bond donors (Lipinski definition) is 4. The molecule has 0 heterocycles. The van der Waals surface area contributed by atoms with Gasteiger partial charge in [-0.2, -0.15) is 0 Å². The Morgan fingerprint density at radius 1 is 0.433 bits per heavy atom. The van der Waals surface area contributed by atoms with Crippen LogP contribution >= 0.6 is 15.2 Å². The molecule has 0 aliphatic heterocycles. The van der Waals surface area contributed by atoms with Crippen LogP contribution in [-0.4, -0.2) is 19.6 Å². The molecule has 4 aromatic carbocycles. The highest BCUT2D eigenvalue weighted by Gasteiger charge is 2.17. The van der Waals surface area contributed by atoms with Crippen LogP contribution in [0.4, 0.5) is 0 Å². The van der Waals surface area contributed by atoms with Gasteiger partial charge in [0.1, 0.15) is 0 Å². The summed E-state index contributed by atoms with van der Waals surface area (Å²) in [5.41, 5.74) is 3.56. The summed E-state index contributed by atoms with van der Waals surface area (Å²) < 4.78 is 22.7. The molecule has 0 atom stereocenters. The van der Waals surface area contributed by atoms with Gasteiger partial charge in [-0.1, -0.05) is 48.5 Å². The number of fused-ring (bicyclic) bond motifs is 1. The molecular weight excluding hydrogens is 422 g/mol. The molecule has 0 radical (unpaired) electrons. The van der Waals surface area contributed by atoms with E-state index in [1.54, 1.807) is 24.3 Å². The van der Waals surface area contributed by atoms with Gasteiger partial charge >= 0.3 is 15.2 Å². The molecule has 152 valence electrons. The van der Waals surface area contributed by atoms with E-state index in [1.807, 2.05) is 36.4 Å². The van der Waals surface area contributed by atoms with Crippen LogP contribution in [0.2, 0.25) is 0 Å². The molecule has 0 saturated carbocycles. The van der Waals surface area contributed by atoms with Crippen LogP contribution in [0.25, 0.3) is 33.0 Å². The molecular formula is C22H18O6P2. The van der Waals surface area contributed by atoms with E-state index in [2.05, 4.69) is 0 Å². The molecule has 8 heteroatoms. The molecule has 0 fully saturated rings. The van der Waals surface area contributed by atoms with Crippen molar-refractivity contribution in [1.82, 2.24) is 0 Å². The summed E-state index contributed by atoms with van der Waals surface area (Å²) in [5, 5.41) is 1.98. The number of hydrogen-bond acceptors (Lipinski definition) is 2. The van der Waals surface area contributed by atoms with Gasteiger partial charge in [-0.05, 0) is 69.4 Å². The second-order valence-corrected chi connectivity index (χ2v) is 10.2. The van der Waals surface area contributed by atoms with Crippen LogP contribution in [0.1, 0.15) is 0 Å². The Balaban J connectivity index is 1.66. The molecule has 30 heavy (non-hydrogen) atoms. The van der Waals surface area contributed by atoms with Crippen molar-refractivity contribution >= 4 is 36.6 Å². The average molecular weight is 440 g/mol. The van der Waals surface area contributed by atoms with Crippen LogP contribution in [0.3, 0.4) is 0 Å². The molecule has 0 amide bonds. The van der Waals surface area contributed by atoms with Crippen LogP contribution in [0.5, 0.6) is 0 Å². The SMILES string of the molecule is O=P(O)(O)c1ccc(-c2ccc3cc(-c4ccc(P(=O)(O)O)cc4)ccc3c2)cc1. The fourth-order valence-electron chi connectivity index (χ4n) is 3.30. The maximum absolute atomic E-state index is 11.3. The highest BCUT2D eigenvalue weighted by molar-refractivity contribution is 7.60. The summed E-state index contributed by atoms with van der Waals surface area (Å²) in [6.45, 7) is 0. The van der Waals surface area contributed by atoms with E-state index in [4.69, 9.17) is 0 Å². The fraction of sp³-hybridized carbons (Fsp3) is 0. The van der Waals surface area contributed by atoms with Gasteiger partial charge in [-0.3, -0.25) is 9.13 Å². The smallest absolute Gasteiger partial charge is 0.321 e. The summed E-state index contributed by atoms with van der Waals surface area (Å²) in [5.74, 6) is 0. The van der Waals surface area contributed by atoms with Gasteiger partial charge in [-0.15, -0.1) is 0 Å². The summed E-state index contributed by atoms with van der Waals surface area (Å²) in [6, 6.07) is 24.3. The summed E-state index contributed by atoms with van der Waals surface area (Å²) in [4.78, 5) is 37.0. The average Bonchev–Trinajstić information content (AvgIpc) is 2.72. The monoisotopic (exact) mass is 440 g/mol. The summed E-state index contributed by atoms with van der Waals surface area (Å²) in [7, 11) is -8.52. The van der Waals surface area contributed by atoms with Gasteiger partial charge in [0.05, 0.1) is 10.6 Å². The first kappa shape index (κ1) is 20.7. The third-order valence-electron chi connectivity index (χ3n) is 4.91. The van der Waals surface area contributed by atoms with Gasteiger partial charge in [0.2, 0.25) is 0 Å². The highest BCUT2D eigenvalue weighted by atomic mass is 31.2. The standard InChI is InChI=1S/C22H18O6P2/c23-29(24,25)21-9-5-15(6-10-21)17-1-3-19-14-18(2-4-20(19)13-17)16-7-11-22(12-8-16)30(26,27)28/h1-14H,(H2,23,24,25)(H2,26,27,28). The van der Waals surface area contributed by atoms with Crippen LogP contribution in [0.15, 0.2) is 84.9 Å². The van der Waals surface area contributed by atoms with Crippen LogP contribution < -0.4 is 10.6 Å². The maximum Gasteiger partial charge on any atom is 0.356 e. The second-order valence-electron chi connectivity index (χ2n) is 6.96. The third-order valence-corrected chi connectivity index (χ3v) is 6.86. The number of benzene rings is 4. The fourth-order valence-corrected chi connectivity index (χ4v) is 4.38. The second kappa shape index (κ2) is 7.60. The Hall–Kier alpha value is -2.56. The zero-order valence-corrected chi connectivity index (χ0v) is 17.4. The summed E-state index contributed by atoms with van der Waals surface area (Å²) >= 11 is 0. The minimum Gasteiger partial charge on any atom is -0.321 e. The quantitative estimate of drug-likeness (QED) is 0.359. The molecule has 0 aliphatic carbocycles. The lowest BCUT2D eigenvalue weighted by molar-refractivity contribution is 0.385. The van der Waals surface area contributed by atoms with E-state index >= 15 is 0 Å². The van der Waals surface area contributed by atoms with E-state index in [0.717, 1.165) is 33.0 Å². The first-order valence-corrected chi connectivity index (χ1v) is 12.2. The van der Waals surface area contributed by atoms with Crippen molar-refractivity contribution in [2.45, 2.75) is 0 Å². The lowest BCUT2D eigenvalue weighted by atomic mass is 9.98. The normalized spacial score (nSPS) is 12.3. The molecule has 4 aromatic rings. The van der Waals surface area contributed by atoms with Crippen molar-refractivity contribution in [2.24, 2.45) is 0 Å². The molecule has 6 nitrogen and oxygen atoms in total. The van der Waals surface area contributed by atoms with Gasteiger partial charge in [0.25, 0.3) is 0 Å². The van der Waals surface area contributed by atoms with Crippen LogP contribution in [0, 0.1) is 0 Å². The molecule has 0 aliphatic rings. The van der Waals surface area contributed by atoms with E-state index in [9.17, 15) is 28.7 Å². The first-order valence-electron chi connectivity index (χ1n) is 8.98. The van der Waals surface area contributed by atoms with Crippen molar-refractivity contribution in [3.8, 4) is 22.3 Å². The minimum atomic E-state index is -4.26. The van der Waals surface area contributed by atoms with Crippen molar-refractivity contribution in [2.75, 3.05) is 0 Å². The molecule has 0 unspecified atom stereocenters. The predicted octanol–water partition coefficient (Wildman–Crippen LogP) is 3.78. The van der Waals surface area contributed by atoms with E-state index in [-0.39, 0.29) is 10.6 Å². The lowest BCUT2D eigenvalue weighted by Crippen LogP contribution is -2.02. The molecule has 0 saturated heterocycles. The Labute approximate surface area is 172 Å². The molecule has 4 rings (SSSR count). The van der Waals surface area contributed by atoms with Crippen molar-refractivity contribution in [3.05, 3.63) is 84.9 Å². The molecule has 0 bridgehead atoms. The maximum atomic E-state index is 11.3. The van der Waals surface area contributed by atoms with Gasteiger partial charge in [-0.25, -0.2) is 0 Å². The Kier molecular flexibility index (Phi) is 5.25. The topological polar surface area (TPSA) is 115 Å². The van der Waals surface area contributed by atoms with E-state index < -0.39 is 15.2 Å². The predicted molar refractivity (Wildman–Crippen MR) is 118 cm³/mol. The number of rotatable bonds is 4. The van der Waals surface area contributed by atoms with Crippen molar-refractivity contribution < 1.29 is 28.7 Å². The molecule has 0 spiro atoms. The largest absolute Gasteiger partial charge is 0.356 e. The van der Waals surface area contributed by atoms with Crippen molar-refractivity contribution in [3.63, 3.8) is 0 Å². The third kappa shape index (κ3) is 4.30. The Morgan fingerprint density at radius 2 is 0.733 bits per heavy atom.